The van der Waals surface area contributed by atoms with Gasteiger partial charge in [0.2, 0.25) is 0 Å². The van der Waals surface area contributed by atoms with Crippen molar-refractivity contribution >= 4 is 11.9 Å². The SMILES string of the molecule is CCC(C)(C)CC(C(=O)OCC(=O)OC(C)(C)CC)C(C)(C)CC. The fourth-order valence-electron chi connectivity index (χ4n) is 2.26. The summed E-state index contributed by atoms with van der Waals surface area (Å²) in [5, 5.41) is 0. The van der Waals surface area contributed by atoms with E-state index in [1.54, 1.807) is 0 Å². The molecule has 1 unspecified atom stereocenters. The third-order valence-corrected chi connectivity index (χ3v) is 5.43. The van der Waals surface area contributed by atoms with E-state index in [2.05, 4.69) is 41.5 Å². The summed E-state index contributed by atoms with van der Waals surface area (Å²) in [7, 11) is 0. The highest BCUT2D eigenvalue weighted by atomic mass is 16.6. The smallest absolute Gasteiger partial charge is 0.344 e. The van der Waals surface area contributed by atoms with Crippen LogP contribution in [0.2, 0.25) is 0 Å². The van der Waals surface area contributed by atoms with Crippen LogP contribution in [-0.4, -0.2) is 24.1 Å². The van der Waals surface area contributed by atoms with Crippen LogP contribution in [0.4, 0.5) is 0 Å². The Balaban J connectivity index is 4.93. The van der Waals surface area contributed by atoms with Crippen LogP contribution < -0.4 is 0 Å². The highest BCUT2D eigenvalue weighted by Gasteiger charge is 2.39. The predicted molar refractivity (Wildman–Crippen MR) is 97.7 cm³/mol. The predicted octanol–water partition coefficient (Wildman–Crippen LogP) is 5.14. The Labute approximate surface area is 148 Å². The van der Waals surface area contributed by atoms with Crippen LogP contribution in [-0.2, 0) is 19.1 Å². The molecule has 0 aliphatic heterocycles. The van der Waals surface area contributed by atoms with Gasteiger partial charge >= 0.3 is 11.9 Å². The zero-order chi connectivity index (χ0) is 19.2. The lowest BCUT2D eigenvalue weighted by atomic mass is 9.68. The van der Waals surface area contributed by atoms with E-state index in [-0.39, 0.29) is 29.3 Å². The second-order valence-corrected chi connectivity index (χ2v) is 8.81. The quantitative estimate of drug-likeness (QED) is 0.516. The minimum atomic E-state index is -0.532. The van der Waals surface area contributed by atoms with Crippen LogP contribution in [0.15, 0.2) is 0 Å². The maximum Gasteiger partial charge on any atom is 0.344 e. The molecule has 0 bridgehead atoms. The van der Waals surface area contributed by atoms with E-state index >= 15 is 0 Å². The molecule has 0 saturated carbocycles. The summed E-state index contributed by atoms with van der Waals surface area (Å²) in [6.07, 6.45) is 3.32. The summed E-state index contributed by atoms with van der Waals surface area (Å²) in [6.45, 7) is 18.0. The summed E-state index contributed by atoms with van der Waals surface area (Å²) in [6, 6.07) is 0. The van der Waals surface area contributed by atoms with Crippen molar-refractivity contribution in [3.8, 4) is 0 Å². The van der Waals surface area contributed by atoms with Crippen LogP contribution in [0.5, 0.6) is 0 Å². The van der Waals surface area contributed by atoms with Gasteiger partial charge in [0.05, 0.1) is 5.92 Å². The van der Waals surface area contributed by atoms with Gasteiger partial charge in [-0.3, -0.25) is 4.79 Å². The number of ether oxygens (including phenoxy) is 2. The van der Waals surface area contributed by atoms with E-state index in [1.807, 2.05) is 20.8 Å². The second kappa shape index (κ2) is 8.87. The van der Waals surface area contributed by atoms with Gasteiger partial charge in [0, 0.05) is 0 Å². The lowest BCUT2D eigenvalue weighted by molar-refractivity contribution is -0.172. The van der Waals surface area contributed by atoms with Crippen LogP contribution in [0.25, 0.3) is 0 Å². The van der Waals surface area contributed by atoms with E-state index in [1.165, 1.54) is 0 Å². The molecule has 0 radical (unpaired) electrons. The molecule has 0 aromatic carbocycles. The van der Waals surface area contributed by atoms with E-state index in [0.717, 1.165) is 19.3 Å². The summed E-state index contributed by atoms with van der Waals surface area (Å²) >= 11 is 0. The standard InChI is InChI=1S/C20H38O4/c1-10-18(4,5)13-15(19(6,7)11-2)17(22)23-14-16(21)24-20(8,9)12-3/h15H,10-14H2,1-9H3. The fourth-order valence-corrected chi connectivity index (χ4v) is 2.26. The molecule has 1 atom stereocenters. The molecule has 4 nitrogen and oxygen atoms in total. The highest BCUT2D eigenvalue weighted by molar-refractivity contribution is 5.78. The van der Waals surface area contributed by atoms with Gasteiger partial charge in [0.1, 0.15) is 5.60 Å². The van der Waals surface area contributed by atoms with Crippen LogP contribution >= 0.6 is 0 Å². The molecular weight excluding hydrogens is 304 g/mol. The van der Waals surface area contributed by atoms with E-state index in [0.29, 0.717) is 6.42 Å². The highest BCUT2D eigenvalue weighted by Crippen LogP contribution is 2.40. The molecule has 0 saturated heterocycles. The van der Waals surface area contributed by atoms with Gasteiger partial charge in [-0.2, -0.15) is 0 Å². The van der Waals surface area contributed by atoms with Gasteiger partial charge in [-0.1, -0.05) is 61.3 Å². The summed E-state index contributed by atoms with van der Waals surface area (Å²) in [5.74, 6) is -1.02. The zero-order valence-electron chi connectivity index (χ0n) is 17.2. The topological polar surface area (TPSA) is 52.6 Å². The van der Waals surface area contributed by atoms with Crippen molar-refractivity contribution in [2.75, 3.05) is 6.61 Å². The third kappa shape index (κ3) is 7.67. The molecule has 0 spiro atoms. The van der Waals surface area contributed by atoms with E-state index in [4.69, 9.17) is 9.47 Å². The average Bonchev–Trinajstić information content (AvgIpc) is 2.49. The van der Waals surface area contributed by atoms with Crippen molar-refractivity contribution in [1.82, 2.24) is 0 Å². The summed E-state index contributed by atoms with van der Waals surface area (Å²) < 4.78 is 10.7. The van der Waals surface area contributed by atoms with Gasteiger partial charge in [-0.15, -0.1) is 0 Å². The molecule has 0 aromatic heterocycles. The third-order valence-electron chi connectivity index (χ3n) is 5.43. The summed E-state index contributed by atoms with van der Waals surface area (Å²) in [4.78, 5) is 24.6. The van der Waals surface area contributed by atoms with Crippen molar-refractivity contribution in [2.24, 2.45) is 16.7 Å². The minimum Gasteiger partial charge on any atom is -0.457 e. The van der Waals surface area contributed by atoms with Crippen molar-refractivity contribution < 1.29 is 19.1 Å². The Morgan fingerprint density at radius 1 is 0.875 bits per heavy atom. The molecule has 0 aliphatic carbocycles. The molecule has 4 heteroatoms. The Hall–Kier alpha value is -1.06. The van der Waals surface area contributed by atoms with Crippen LogP contribution in [0, 0.1) is 16.7 Å². The van der Waals surface area contributed by atoms with Crippen molar-refractivity contribution in [1.29, 1.82) is 0 Å². The Kier molecular flexibility index (Phi) is 8.47. The van der Waals surface area contributed by atoms with Crippen molar-refractivity contribution in [3.05, 3.63) is 0 Å². The first kappa shape index (κ1) is 22.9. The molecule has 0 N–H and O–H groups in total. The van der Waals surface area contributed by atoms with Crippen LogP contribution in [0.3, 0.4) is 0 Å². The van der Waals surface area contributed by atoms with Gasteiger partial charge in [0.25, 0.3) is 0 Å². The first-order valence-corrected chi connectivity index (χ1v) is 9.18. The number of hydrogen-bond acceptors (Lipinski definition) is 4. The van der Waals surface area contributed by atoms with Gasteiger partial charge < -0.3 is 9.47 Å². The maximum atomic E-state index is 12.7. The minimum absolute atomic E-state index is 0.0564. The van der Waals surface area contributed by atoms with Gasteiger partial charge in [-0.25, -0.2) is 4.79 Å². The molecule has 0 rings (SSSR count). The second-order valence-electron chi connectivity index (χ2n) is 8.81. The molecule has 0 fully saturated rings. The van der Waals surface area contributed by atoms with Crippen LogP contribution in [0.1, 0.15) is 88.0 Å². The monoisotopic (exact) mass is 342 g/mol. The van der Waals surface area contributed by atoms with E-state index in [9.17, 15) is 9.59 Å². The van der Waals surface area contributed by atoms with Gasteiger partial charge in [0.15, 0.2) is 6.61 Å². The first-order chi connectivity index (χ1) is 10.8. The summed E-state index contributed by atoms with van der Waals surface area (Å²) in [5.41, 5.74) is -0.646. The van der Waals surface area contributed by atoms with E-state index < -0.39 is 11.6 Å². The zero-order valence-corrected chi connectivity index (χ0v) is 17.2. The number of esters is 2. The molecular formula is C20H38O4. The number of hydrogen-bond donors (Lipinski definition) is 0. The normalized spacial score (nSPS) is 14.2. The Morgan fingerprint density at radius 3 is 1.83 bits per heavy atom. The largest absolute Gasteiger partial charge is 0.457 e. The first-order valence-electron chi connectivity index (χ1n) is 9.18. The average molecular weight is 343 g/mol. The molecule has 24 heavy (non-hydrogen) atoms. The lowest BCUT2D eigenvalue weighted by Crippen LogP contribution is -2.37. The molecule has 142 valence electrons. The van der Waals surface area contributed by atoms with Crippen molar-refractivity contribution in [3.63, 3.8) is 0 Å². The molecule has 0 amide bonds. The Bertz CT molecular complexity index is 421. The number of carbonyl (C=O) groups excluding carboxylic acids is 2. The van der Waals surface area contributed by atoms with Crippen molar-refractivity contribution in [2.45, 2.75) is 93.6 Å². The molecule has 0 aliphatic rings. The van der Waals surface area contributed by atoms with Gasteiger partial charge in [-0.05, 0) is 37.5 Å². The molecule has 0 aromatic rings. The lowest BCUT2D eigenvalue weighted by Gasteiger charge is -2.37. The number of carbonyl (C=O) groups is 2. The molecule has 0 heterocycles. The fraction of sp³-hybridized carbons (Fsp3) is 0.900. The Morgan fingerprint density at radius 2 is 1.42 bits per heavy atom. The maximum absolute atomic E-state index is 12.7. The number of rotatable bonds is 10.